The van der Waals surface area contributed by atoms with Gasteiger partial charge in [-0.15, -0.1) is 0 Å². The lowest BCUT2D eigenvalue weighted by molar-refractivity contribution is 0.282. The first-order valence-corrected chi connectivity index (χ1v) is 6.69. The van der Waals surface area contributed by atoms with Gasteiger partial charge in [0.2, 0.25) is 5.95 Å². The maximum atomic E-state index is 9.22. The van der Waals surface area contributed by atoms with Crippen LogP contribution in [0.25, 0.3) is 10.9 Å². The largest absolute Gasteiger partial charge is 0.395 e. The molecule has 1 aliphatic rings. The molecule has 2 aromatic rings. The monoisotopic (exact) mass is 258 g/mol. The van der Waals surface area contributed by atoms with Gasteiger partial charge in [-0.1, -0.05) is 12.1 Å². The smallest absolute Gasteiger partial charge is 0.228 e. The predicted molar refractivity (Wildman–Crippen MR) is 76.0 cm³/mol. The Labute approximate surface area is 112 Å². The summed E-state index contributed by atoms with van der Waals surface area (Å²) in [6.45, 7) is 0.662. The molecule has 1 fully saturated rings. The molecule has 1 aromatic carbocycles. The van der Waals surface area contributed by atoms with Crippen molar-refractivity contribution in [3.05, 3.63) is 24.3 Å². The van der Waals surface area contributed by atoms with Crippen molar-refractivity contribution in [2.45, 2.75) is 25.3 Å². The third kappa shape index (κ3) is 2.21. The van der Waals surface area contributed by atoms with Crippen molar-refractivity contribution in [1.82, 2.24) is 9.97 Å². The molecule has 3 N–H and O–H groups in total. The van der Waals surface area contributed by atoms with Gasteiger partial charge in [-0.25, -0.2) is 4.98 Å². The topological polar surface area (TPSA) is 75.3 Å². The molecule has 5 heteroatoms. The molecule has 5 nitrogen and oxygen atoms in total. The van der Waals surface area contributed by atoms with Gasteiger partial charge in [-0.2, -0.15) is 4.98 Å². The number of aliphatic hydroxyl groups excluding tert-OH is 1. The number of nitrogens with two attached hydrogens (primary N) is 1. The van der Waals surface area contributed by atoms with E-state index in [-0.39, 0.29) is 6.61 Å². The Balaban J connectivity index is 2.02. The Hall–Kier alpha value is -1.88. The summed E-state index contributed by atoms with van der Waals surface area (Å²) in [5.74, 6) is 1.14. The van der Waals surface area contributed by atoms with Crippen molar-refractivity contribution >= 4 is 22.7 Å². The van der Waals surface area contributed by atoms with Gasteiger partial charge in [0.25, 0.3) is 0 Å². The summed E-state index contributed by atoms with van der Waals surface area (Å²) in [6.07, 6.45) is 3.50. The number of rotatable bonds is 4. The first kappa shape index (κ1) is 12.2. The molecule has 1 saturated carbocycles. The Morgan fingerprint density at radius 3 is 2.74 bits per heavy atom. The van der Waals surface area contributed by atoms with Crippen molar-refractivity contribution in [1.29, 1.82) is 0 Å². The molecule has 0 saturated heterocycles. The van der Waals surface area contributed by atoms with Crippen molar-refractivity contribution in [3.8, 4) is 0 Å². The number of nitrogens with zero attached hydrogens (tertiary/aromatic N) is 3. The van der Waals surface area contributed by atoms with E-state index in [0.29, 0.717) is 24.4 Å². The van der Waals surface area contributed by atoms with E-state index in [1.165, 1.54) is 6.42 Å². The highest BCUT2D eigenvalue weighted by molar-refractivity contribution is 5.88. The molecule has 0 atom stereocenters. The maximum Gasteiger partial charge on any atom is 0.228 e. The lowest BCUT2D eigenvalue weighted by Gasteiger charge is -2.37. The van der Waals surface area contributed by atoms with Crippen LogP contribution in [0.15, 0.2) is 24.3 Å². The predicted octanol–water partition coefficient (Wildman–Crippen LogP) is 1.56. The van der Waals surface area contributed by atoms with Gasteiger partial charge in [0, 0.05) is 18.0 Å². The van der Waals surface area contributed by atoms with Gasteiger partial charge in [0.15, 0.2) is 0 Å². The molecule has 19 heavy (non-hydrogen) atoms. The minimum atomic E-state index is 0.104. The fourth-order valence-corrected chi connectivity index (χ4v) is 2.47. The molecule has 1 aromatic heterocycles. The van der Waals surface area contributed by atoms with Crippen LogP contribution in [0.1, 0.15) is 19.3 Å². The Morgan fingerprint density at radius 1 is 1.26 bits per heavy atom. The third-order valence-corrected chi connectivity index (χ3v) is 3.73. The molecule has 0 unspecified atom stereocenters. The highest BCUT2D eigenvalue weighted by Crippen LogP contribution is 2.29. The van der Waals surface area contributed by atoms with Gasteiger partial charge < -0.3 is 15.7 Å². The number of aliphatic hydroxyl groups is 1. The van der Waals surface area contributed by atoms with E-state index < -0.39 is 0 Å². The van der Waals surface area contributed by atoms with Crippen molar-refractivity contribution in [2.75, 3.05) is 23.8 Å². The maximum absolute atomic E-state index is 9.22. The molecule has 0 amide bonds. The van der Waals surface area contributed by atoms with E-state index in [9.17, 15) is 5.11 Å². The lowest BCUT2D eigenvalue weighted by atomic mass is 9.92. The van der Waals surface area contributed by atoms with E-state index in [1.807, 2.05) is 24.3 Å². The number of hydrogen-bond donors (Lipinski definition) is 2. The summed E-state index contributed by atoms with van der Waals surface area (Å²) in [6, 6.07) is 8.17. The average Bonchev–Trinajstić information content (AvgIpc) is 2.36. The van der Waals surface area contributed by atoms with Crippen LogP contribution in [-0.2, 0) is 0 Å². The summed E-state index contributed by atoms with van der Waals surface area (Å²) >= 11 is 0. The second kappa shape index (κ2) is 5.01. The molecule has 100 valence electrons. The lowest BCUT2D eigenvalue weighted by Crippen LogP contribution is -2.43. The number of hydrogen-bond acceptors (Lipinski definition) is 5. The molecule has 1 heterocycles. The zero-order chi connectivity index (χ0) is 13.2. The van der Waals surface area contributed by atoms with Crippen molar-refractivity contribution < 1.29 is 5.11 Å². The summed E-state index contributed by atoms with van der Waals surface area (Å²) in [5.41, 5.74) is 6.86. The number of benzene rings is 1. The standard InChI is InChI=1S/C14H18N4O/c15-13-11-6-1-2-7-12(11)16-14(17-13)18(8-9-19)10-4-3-5-10/h1-2,6-7,10,19H,3-5,8-9H2,(H2,15,16,17). The molecule has 0 bridgehead atoms. The van der Waals surface area contributed by atoms with Gasteiger partial charge in [0.1, 0.15) is 5.82 Å². The van der Waals surface area contributed by atoms with Crippen LogP contribution in [0.2, 0.25) is 0 Å². The summed E-state index contributed by atoms with van der Waals surface area (Å²) < 4.78 is 0. The Morgan fingerprint density at radius 2 is 2.05 bits per heavy atom. The number of fused-ring (bicyclic) bond motifs is 1. The van der Waals surface area contributed by atoms with Crippen LogP contribution >= 0.6 is 0 Å². The highest BCUT2D eigenvalue weighted by Gasteiger charge is 2.27. The minimum Gasteiger partial charge on any atom is -0.395 e. The fraction of sp³-hybridized carbons (Fsp3) is 0.429. The van der Waals surface area contributed by atoms with Crippen molar-refractivity contribution in [3.63, 3.8) is 0 Å². The van der Waals surface area contributed by atoms with E-state index in [1.54, 1.807) is 0 Å². The normalized spacial score (nSPS) is 15.4. The molecule has 0 radical (unpaired) electrons. The Bertz CT molecular complexity index is 583. The van der Waals surface area contributed by atoms with Crippen LogP contribution in [0.3, 0.4) is 0 Å². The average molecular weight is 258 g/mol. The zero-order valence-electron chi connectivity index (χ0n) is 10.8. The van der Waals surface area contributed by atoms with E-state index >= 15 is 0 Å². The first-order chi connectivity index (χ1) is 9.29. The molecule has 0 spiro atoms. The van der Waals surface area contributed by atoms with Gasteiger partial charge in [-0.05, 0) is 31.4 Å². The summed E-state index contributed by atoms with van der Waals surface area (Å²) in [4.78, 5) is 11.1. The van der Waals surface area contributed by atoms with Crippen molar-refractivity contribution in [2.24, 2.45) is 0 Å². The van der Waals surface area contributed by atoms with Crippen LogP contribution < -0.4 is 10.6 Å². The summed E-state index contributed by atoms with van der Waals surface area (Å²) in [5, 5.41) is 10.1. The second-order valence-corrected chi connectivity index (χ2v) is 4.93. The Kier molecular flexibility index (Phi) is 3.21. The molecular formula is C14H18N4O. The van der Waals surface area contributed by atoms with Gasteiger partial charge >= 0.3 is 0 Å². The second-order valence-electron chi connectivity index (χ2n) is 4.93. The SMILES string of the molecule is Nc1nc(N(CCO)C2CCC2)nc2ccccc12. The van der Waals surface area contributed by atoms with Crippen LogP contribution in [0, 0.1) is 0 Å². The summed E-state index contributed by atoms with van der Waals surface area (Å²) in [7, 11) is 0. The van der Waals surface area contributed by atoms with Crippen LogP contribution in [0.5, 0.6) is 0 Å². The first-order valence-electron chi connectivity index (χ1n) is 6.69. The van der Waals surface area contributed by atoms with E-state index in [0.717, 1.165) is 23.7 Å². The minimum absolute atomic E-state index is 0.104. The van der Waals surface area contributed by atoms with Gasteiger partial charge in [-0.3, -0.25) is 0 Å². The quantitative estimate of drug-likeness (QED) is 0.870. The molecule has 0 aliphatic heterocycles. The fourth-order valence-electron chi connectivity index (χ4n) is 2.47. The molecule has 3 rings (SSSR count). The number of anilines is 2. The van der Waals surface area contributed by atoms with E-state index in [4.69, 9.17) is 5.73 Å². The molecule has 1 aliphatic carbocycles. The highest BCUT2D eigenvalue weighted by atomic mass is 16.3. The molecular weight excluding hydrogens is 240 g/mol. The number of para-hydroxylation sites is 1. The third-order valence-electron chi connectivity index (χ3n) is 3.73. The van der Waals surface area contributed by atoms with Crippen LogP contribution in [-0.4, -0.2) is 34.3 Å². The number of aromatic nitrogens is 2. The van der Waals surface area contributed by atoms with Crippen LogP contribution in [0.4, 0.5) is 11.8 Å². The van der Waals surface area contributed by atoms with Gasteiger partial charge in [0.05, 0.1) is 12.1 Å². The number of nitrogen functional groups attached to an aromatic ring is 1. The zero-order valence-corrected chi connectivity index (χ0v) is 10.8. The van der Waals surface area contributed by atoms with E-state index in [2.05, 4.69) is 14.9 Å².